The number of amides is 1. The average Bonchev–Trinajstić information content (AvgIpc) is 2.82. The zero-order chi connectivity index (χ0) is 23.6. The molecule has 0 radical (unpaired) electrons. The van der Waals surface area contributed by atoms with Crippen molar-refractivity contribution in [2.75, 3.05) is 44.2 Å². The Balaban J connectivity index is 1.40. The van der Waals surface area contributed by atoms with Crippen LogP contribution in [0.1, 0.15) is 49.8 Å². The molecule has 0 unspecified atom stereocenters. The molecule has 1 amide bonds. The molecule has 5 nitrogen and oxygen atoms in total. The van der Waals surface area contributed by atoms with Crippen LogP contribution in [0.3, 0.4) is 0 Å². The fourth-order valence-corrected chi connectivity index (χ4v) is 4.49. The zero-order valence-corrected chi connectivity index (χ0v) is 20.9. The Morgan fingerprint density at radius 3 is 2.48 bits per heavy atom. The van der Waals surface area contributed by atoms with Crippen LogP contribution in [0.15, 0.2) is 42.5 Å². The Morgan fingerprint density at radius 1 is 1.03 bits per heavy atom. The van der Waals surface area contributed by atoms with Gasteiger partial charge in [-0.15, -0.1) is 0 Å². The largest absolute Gasteiger partial charge is 0.494 e. The number of benzene rings is 2. The highest BCUT2D eigenvalue weighted by molar-refractivity contribution is 5.78. The molecular formula is C28H41N3O2. The molecule has 2 aromatic carbocycles. The first kappa shape index (κ1) is 25.1. The molecule has 1 aliphatic rings. The van der Waals surface area contributed by atoms with Crippen LogP contribution in [0.5, 0.6) is 5.75 Å². The lowest BCUT2D eigenvalue weighted by Crippen LogP contribution is -2.46. The van der Waals surface area contributed by atoms with Gasteiger partial charge in [-0.05, 0) is 68.0 Å². The minimum atomic E-state index is 0.130. The molecule has 2 aromatic rings. The van der Waals surface area contributed by atoms with Crippen LogP contribution in [0.25, 0.3) is 0 Å². The van der Waals surface area contributed by atoms with Crippen molar-refractivity contribution in [2.24, 2.45) is 5.92 Å². The normalized spacial score (nSPS) is 14.5. The van der Waals surface area contributed by atoms with E-state index in [1.807, 2.05) is 6.07 Å². The van der Waals surface area contributed by atoms with Gasteiger partial charge in [0.05, 0.1) is 6.61 Å². The van der Waals surface area contributed by atoms with Crippen LogP contribution in [0.2, 0.25) is 0 Å². The van der Waals surface area contributed by atoms with Gasteiger partial charge in [-0.3, -0.25) is 9.69 Å². The van der Waals surface area contributed by atoms with E-state index < -0.39 is 0 Å². The molecule has 1 saturated heterocycles. The number of nitrogens with one attached hydrogen (secondary N) is 1. The summed E-state index contributed by atoms with van der Waals surface area (Å²) in [6.45, 7) is 15.0. The molecule has 33 heavy (non-hydrogen) atoms. The van der Waals surface area contributed by atoms with Crippen molar-refractivity contribution in [3.63, 3.8) is 0 Å². The number of rotatable bonds is 11. The molecule has 1 aliphatic heterocycles. The Morgan fingerprint density at radius 2 is 1.76 bits per heavy atom. The fraction of sp³-hybridized carbons (Fsp3) is 0.536. The van der Waals surface area contributed by atoms with Gasteiger partial charge in [0, 0.05) is 50.9 Å². The van der Waals surface area contributed by atoms with Gasteiger partial charge in [0.1, 0.15) is 5.75 Å². The van der Waals surface area contributed by atoms with Crippen molar-refractivity contribution in [2.45, 2.75) is 53.5 Å². The lowest BCUT2D eigenvalue weighted by molar-refractivity contribution is -0.125. The van der Waals surface area contributed by atoms with Gasteiger partial charge in [0.2, 0.25) is 5.91 Å². The molecule has 3 rings (SSSR count). The van der Waals surface area contributed by atoms with E-state index in [2.05, 4.69) is 79.2 Å². The first-order valence-corrected chi connectivity index (χ1v) is 12.5. The van der Waals surface area contributed by atoms with E-state index in [0.29, 0.717) is 13.2 Å². The summed E-state index contributed by atoms with van der Waals surface area (Å²) in [5.41, 5.74) is 5.42. The molecule has 1 heterocycles. The van der Waals surface area contributed by atoms with E-state index in [4.69, 9.17) is 4.74 Å². The fourth-order valence-electron chi connectivity index (χ4n) is 4.49. The second-order valence-electron chi connectivity index (χ2n) is 9.14. The summed E-state index contributed by atoms with van der Waals surface area (Å²) in [5, 5.41) is 3.03. The van der Waals surface area contributed by atoms with Crippen LogP contribution >= 0.6 is 0 Å². The summed E-state index contributed by atoms with van der Waals surface area (Å²) in [4.78, 5) is 17.1. The monoisotopic (exact) mass is 451 g/mol. The number of piperazine rings is 1. The summed E-state index contributed by atoms with van der Waals surface area (Å²) in [6.07, 6.45) is 2.61. The van der Waals surface area contributed by atoms with Gasteiger partial charge >= 0.3 is 0 Å². The lowest BCUT2D eigenvalue weighted by atomic mass is 10.0. The van der Waals surface area contributed by atoms with Crippen LogP contribution in [-0.4, -0.2) is 50.1 Å². The highest BCUT2D eigenvalue weighted by Gasteiger charge is 2.19. The Bertz CT molecular complexity index is 886. The van der Waals surface area contributed by atoms with Gasteiger partial charge in [0.15, 0.2) is 0 Å². The first-order valence-electron chi connectivity index (χ1n) is 12.5. The Hall–Kier alpha value is -2.53. The van der Waals surface area contributed by atoms with Crippen molar-refractivity contribution < 1.29 is 9.53 Å². The van der Waals surface area contributed by atoms with Crippen LogP contribution in [0, 0.1) is 19.8 Å². The number of nitrogens with zero attached hydrogens (tertiary/aromatic N) is 2. The summed E-state index contributed by atoms with van der Waals surface area (Å²) in [7, 11) is 0. The second-order valence-corrected chi connectivity index (χ2v) is 9.14. The van der Waals surface area contributed by atoms with Crippen molar-refractivity contribution in [1.29, 1.82) is 0 Å². The molecule has 0 aromatic heterocycles. The number of ether oxygens (including phenoxy) is 1. The maximum absolute atomic E-state index is 12.0. The number of anilines is 1. The SMILES string of the molecule is CCC(CC)C(=O)NCCCOc1cccc(CN2CCN(c3cccc(C)c3C)CC2)c1. The minimum Gasteiger partial charge on any atom is -0.494 e. The van der Waals surface area contributed by atoms with Crippen molar-refractivity contribution in [1.82, 2.24) is 10.2 Å². The van der Waals surface area contributed by atoms with E-state index in [9.17, 15) is 4.79 Å². The molecule has 1 fully saturated rings. The molecule has 1 N–H and O–H groups in total. The van der Waals surface area contributed by atoms with Crippen molar-refractivity contribution >= 4 is 11.6 Å². The third kappa shape index (κ3) is 7.23. The molecule has 0 spiro atoms. The molecule has 0 bridgehead atoms. The third-order valence-electron chi connectivity index (χ3n) is 6.84. The number of hydrogen-bond acceptors (Lipinski definition) is 4. The Labute approximate surface area is 200 Å². The van der Waals surface area contributed by atoms with Gasteiger partial charge in [-0.1, -0.05) is 38.1 Å². The van der Waals surface area contributed by atoms with Gasteiger partial charge in [-0.25, -0.2) is 0 Å². The quantitative estimate of drug-likeness (QED) is 0.491. The molecular weight excluding hydrogens is 410 g/mol. The zero-order valence-electron chi connectivity index (χ0n) is 20.9. The van der Waals surface area contributed by atoms with Crippen LogP contribution in [0.4, 0.5) is 5.69 Å². The molecule has 180 valence electrons. The predicted octanol–water partition coefficient (Wildman–Crippen LogP) is 4.95. The highest BCUT2D eigenvalue weighted by atomic mass is 16.5. The molecule has 0 saturated carbocycles. The minimum absolute atomic E-state index is 0.130. The van der Waals surface area contributed by atoms with Crippen LogP contribution in [-0.2, 0) is 11.3 Å². The van der Waals surface area contributed by atoms with Gasteiger partial charge < -0.3 is 15.0 Å². The number of carbonyl (C=O) groups excluding carboxylic acids is 1. The smallest absolute Gasteiger partial charge is 0.223 e. The number of hydrogen-bond donors (Lipinski definition) is 1. The maximum Gasteiger partial charge on any atom is 0.223 e. The number of carbonyl (C=O) groups is 1. The van der Waals surface area contributed by atoms with Gasteiger partial charge in [0.25, 0.3) is 0 Å². The van der Waals surface area contributed by atoms with E-state index >= 15 is 0 Å². The highest BCUT2D eigenvalue weighted by Crippen LogP contribution is 2.24. The maximum atomic E-state index is 12.0. The van der Waals surface area contributed by atoms with E-state index in [1.165, 1.54) is 22.4 Å². The molecule has 0 atom stereocenters. The second kappa shape index (κ2) is 12.6. The van der Waals surface area contributed by atoms with Crippen molar-refractivity contribution in [3.05, 3.63) is 59.2 Å². The standard InChI is InChI=1S/C28H41N3O2/c1-5-25(6-2)28(32)29-14-9-19-33-26-12-8-11-24(20-26)21-30-15-17-31(18-16-30)27-13-7-10-22(3)23(27)4/h7-8,10-13,20,25H,5-6,9,14-19,21H2,1-4H3,(H,29,32). The summed E-state index contributed by atoms with van der Waals surface area (Å²) >= 11 is 0. The molecule has 0 aliphatic carbocycles. The number of aryl methyl sites for hydroxylation is 1. The third-order valence-corrected chi connectivity index (χ3v) is 6.84. The summed E-state index contributed by atoms with van der Waals surface area (Å²) in [6, 6.07) is 15.0. The van der Waals surface area contributed by atoms with E-state index in [0.717, 1.165) is 57.7 Å². The summed E-state index contributed by atoms with van der Waals surface area (Å²) < 4.78 is 5.95. The van der Waals surface area contributed by atoms with E-state index in [-0.39, 0.29) is 11.8 Å². The van der Waals surface area contributed by atoms with E-state index in [1.54, 1.807) is 0 Å². The summed E-state index contributed by atoms with van der Waals surface area (Å²) in [5.74, 6) is 1.21. The van der Waals surface area contributed by atoms with Crippen molar-refractivity contribution in [3.8, 4) is 5.75 Å². The topological polar surface area (TPSA) is 44.8 Å². The van der Waals surface area contributed by atoms with Crippen LogP contribution < -0.4 is 15.0 Å². The molecule has 5 heteroatoms. The van der Waals surface area contributed by atoms with Gasteiger partial charge in [-0.2, -0.15) is 0 Å². The lowest BCUT2D eigenvalue weighted by Gasteiger charge is -2.37. The Kier molecular flexibility index (Phi) is 9.61. The predicted molar refractivity (Wildman–Crippen MR) is 137 cm³/mol. The average molecular weight is 452 g/mol. The first-order chi connectivity index (χ1) is 16.0.